The van der Waals surface area contributed by atoms with E-state index in [1.54, 1.807) is 7.11 Å². The molecule has 2 aliphatic heterocycles. The Bertz CT molecular complexity index is 1150. The number of methoxy groups -OCH3 is 1. The van der Waals surface area contributed by atoms with Crippen LogP contribution in [0.15, 0.2) is 72.8 Å². The van der Waals surface area contributed by atoms with Gasteiger partial charge in [0, 0.05) is 49.5 Å². The fraction of sp³-hybridized carbons (Fsp3) is 0.345. The van der Waals surface area contributed by atoms with E-state index in [1.165, 1.54) is 22.4 Å². The van der Waals surface area contributed by atoms with Gasteiger partial charge in [-0.1, -0.05) is 60.1 Å². The zero-order valence-electron chi connectivity index (χ0n) is 20.1. The Morgan fingerprint density at radius 2 is 1.83 bits per heavy atom. The second-order valence-corrected chi connectivity index (χ2v) is 9.89. The van der Waals surface area contributed by atoms with E-state index in [2.05, 4.69) is 51.5 Å². The van der Waals surface area contributed by atoms with Crippen LogP contribution in [0.4, 0.5) is 5.69 Å². The molecule has 0 aliphatic carbocycles. The Balaban J connectivity index is 1.33. The first-order chi connectivity index (χ1) is 17.1. The topological polar surface area (TPSA) is 44.8 Å². The lowest BCUT2D eigenvalue weighted by atomic mass is 9.83. The number of fused-ring (bicyclic) bond motifs is 3. The van der Waals surface area contributed by atoms with Crippen LogP contribution in [-0.4, -0.2) is 50.1 Å². The molecule has 1 saturated heterocycles. The lowest BCUT2D eigenvalue weighted by Crippen LogP contribution is -2.61. The van der Waals surface area contributed by atoms with Gasteiger partial charge < -0.3 is 15.0 Å². The number of nitrogens with one attached hydrogen (secondary N) is 1. The number of halogens is 1. The molecule has 0 unspecified atom stereocenters. The van der Waals surface area contributed by atoms with Gasteiger partial charge in [0.2, 0.25) is 5.91 Å². The Labute approximate surface area is 212 Å². The molecule has 5 nitrogen and oxygen atoms in total. The number of hydrogen-bond acceptors (Lipinski definition) is 4. The predicted octanol–water partition coefficient (Wildman–Crippen LogP) is 4.57. The molecular weight excluding hydrogens is 458 g/mol. The van der Waals surface area contributed by atoms with Gasteiger partial charge in [0.1, 0.15) is 5.75 Å². The summed E-state index contributed by atoms with van der Waals surface area (Å²) in [6.07, 6.45) is 1.58. The Morgan fingerprint density at radius 3 is 2.60 bits per heavy atom. The summed E-state index contributed by atoms with van der Waals surface area (Å²) >= 11 is 6.08. The number of ether oxygens (including phenoxy) is 1. The standard InChI is InChI=1S/C29H32ClN3O2/c1-35-25-12-9-23-17-26(29(34)31-14-13-21-5-3-2-4-6-21)28-20-32(15-16-33(28)27(23)18-25)19-22-7-10-24(30)11-8-22/h2-12,18,26,28H,13-17,19-20H2,1H3,(H,31,34)/t26-,28+/m0/s1. The highest BCUT2D eigenvalue weighted by atomic mass is 35.5. The third-order valence-corrected chi connectivity index (χ3v) is 7.47. The molecule has 35 heavy (non-hydrogen) atoms. The van der Waals surface area contributed by atoms with E-state index in [4.69, 9.17) is 16.3 Å². The quantitative estimate of drug-likeness (QED) is 0.528. The number of rotatable bonds is 7. The molecule has 3 aromatic carbocycles. The molecule has 0 bridgehead atoms. The maximum absolute atomic E-state index is 13.5. The van der Waals surface area contributed by atoms with Crippen molar-refractivity contribution in [2.45, 2.75) is 25.4 Å². The molecule has 3 aromatic rings. The van der Waals surface area contributed by atoms with E-state index >= 15 is 0 Å². The largest absolute Gasteiger partial charge is 0.497 e. The molecule has 2 heterocycles. The molecule has 1 N–H and O–H groups in total. The number of anilines is 1. The van der Waals surface area contributed by atoms with Gasteiger partial charge in [0.25, 0.3) is 0 Å². The van der Waals surface area contributed by atoms with E-state index in [9.17, 15) is 4.79 Å². The number of nitrogens with zero attached hydrogens (tertiary/aromatic N) is 2. The molecule has 0 radical (unpaired) electrons. The summed E-state index contributed by atoms with van der Waals surface area (Å²) in [5.41, 5.74) is 4.90. The predicted molar refractivity (Wildman–Crippen MR) is 141 cm³/mol. The second-order valence-electron chi connectivity index (χ2n) is 9.45. The van der Waals surface area contributed by atoms with Crippen LogP contribution in [0.5, 0.6) is 5.75 Å². The smallest absolute Gasteiger partial charge is 0.225 e. The average molecular weight is 490 g/mol. The van der Waals surface area contributed by atoms with Gasteiger partial charge in [-0.05, 0) is 47.7 Å². The lowest BCUT2D eigenvalue weighted by molar-refractivity contribution is -0.126. The maximum Gasteiger partial charge on any atom is 0.225 e. The number of benzene rings is 3. The number of carbonyl (C=O) groups is 1. The Kier molecular flexibility index (Phi) is 7.26. The highest BCUT2D eigenvalue weighted by Crippen LogP contribution is 2.38. The van der Waals surface area contributed by atoms with E-state index < -0.39 is 0 Å². The number of amides is 1. The first kappa shape index (κ1) is 23.7. The number of hydrogen-bond donors (Lipinski definition) is 1. The van der Waals surface area contributed by atoms with Crippen molar-refractivity contribution in [1.82, 2.24) is 10.2 Å². The van der Waals surface area contributed by atoms with Gasteiger partial charge in [-0.15, -0.1) is 0 Å². The molecule has 6 heteroatoms. The van der Waals surface area contributed by atoms with E-state index in [0.717, 1.165) is 49.8 Å². The van der Waals surface area contributed by atoms with Crippen LogP contribution in [0.2, 0.25) is 5.02 Å². The fourth-order valence-electron chi connectivity index (χ4n) is 5.36. The van der Waals surface area contributed by atoms with Gasteiger partial charge >= 0.3 is 0 Å². The van der Waals surface area contributed by atoms with Gasteiger partial charge in [0.15, 0.2) is 0 Å². The molecule has 1 amide bonds. The summed E-state index contributed by atoms with van der Waals surface area (Å²) in [7, 11) is 1.70. The van der Waals surface area contributed by atoms with Crippen LogP contribution >= 0.6 is 11.6 Å². The van der Waals surface area contributed by atoms with Gasteiger partial charge in [-0.25, -0.2) is 0 Å². The summed E-state index contributed by atoms with van der Waals surface area (Å²) in [6, 6.07) is 24.7. The molecular formula is C29H32ClN3O2. The summed E-state index contributed by atoms with van der Waals surface area (Å²) in [5, 5.41) is 3.99. The molecule has 1 fully saturated rings. The highest BCUT2D eigenvalue weighted by molar-refractivity contribution is 6.30. The monoisotopic (exact) mass is 489 g/mol. The molecule has 0 aromatic heterocycles. The van der Waals surface area contributed by atoms with Crippen LogP contribution < -0.4 is 15.0 Å². The minimum atomic E-state index is -0.0975. The van der Waals surface area contributed by atoms with Crippen LogP contribution in [0.25, 0.3) is 0 Å². The molecule has 5 rings (SSSR count). The van der Waals surface area contributed by atoms with Crippen LogP contribution in [0.3, 0.4) is 0 Å². The lowest BCUT2D eigenvalue weighted by Gasteiger charge is -2.49. The van der Waals surface area contributed by atoms with Gasteiger partial charge in [-0.2, -0.15) is 0 Å². The average Bonchev–Trinajstić information content (AvgIpc) is 2.89. The highest BCUT2D eigenvalue weighted by Gasteiger charge is 2.41. The normalized spacial score (nSPS) is 19.5. The third-order valence-electron chi connectivity index (χ3n) is 7.22. The minimum Gasteiger partial charge on any atom is -0.497 e. The van der Waals surface area contributed by atoms with Crippen molar-refractivity contribution in [3.05, 3.63) is 94.5 Å². The zero-order chi connectivity index (χ0) is 24.2. The third kappa shape index (κ3) is 5.47. The zero-order valence-corrected chi connectivity index (χ0v) is 20.9. The van der Waals surface area contributed by atoms with Crippen molar-refractivity contribution in [3.8, 4) is 5.75 Å². The Morgan fingerprint density at radius 1 is 1.03 bits per heavy atom. The van der Waals surface area contributed by atoms with Gasteiger partial charge in [-0.3, -0.25) is 9.69 Å². The Hall–Kier alpha value is -3.02. The first-order valence-corrected chi connectivity index (χ1v) is 12.7. The summed E-state index contributed by atoms with van der Waals surface area (Å²) in [6.45, 7) is 4.17. The molecule has 2 atom stereocenters. The summed E-state index contributed by atoms with van der Waals surface area (Å²) < 4.78 is 5.51. The van der Waals surface area contributed by atoms with Crippen LogP contribution in [-0.2, 0) is 24.2 Å². The van der Waals surface area contributed by atoms with Crippen molar-refractivity contribution in [3.63, 3.8) is 0 Å². The van der Waals surface area contributed by atoms with Crippen molar-refractivity contribution in [2.24, 2.45) is 5.92 Å². The van der Waals surface area contributed by atoms with E-state index in [1.807, 2.05) is 36.4 Å². The van der Waals surface area contributed by atoms with Crippen molar-refractivity contribution < 1.29 is 9.53 Å². The fourth-order valence-corrected chi connectivity index (χ4v) is 5.49. The molecule has 2 aliphatic rings. The van der Waals surface area contributed by atoms with Crippen molar-refractivity contribution in [1.29, 1.82) is 0 Å². The minimum absolute atomic E-state index is 0.0975. The van der Waals surface area contributed by atoms with E-state index in [0.29, 0.717) is 6.54 Å². The number of piperazine rings is 1. The summed E-state index contributed by atoms with van der Waals surface area (Å²) in [4.78, 5) is 18.4. The first-order valence-electron chi connectivity index (χ1n) is 12.3. The van der Waals surface area contributed by atoms with Gasteiger partial charge in [0.05, 0.1) is 19.1 Å². The maximum atomic E-state index is 13.5. The van der Waals surface area contributed by atoms with E-state index in [-0.39, 0.29) is 17.9 Å². The number of carbonyl (C=O) groups excluding carboxylic acids is 1. The summed E-state index contributed by atoms with van der Waals surface area (Å²) in [5.74, 6) is 0.905. The molecule has 0 saturated carbocycles. The molecule has 182 valence electrons. The second kappa shape index (κ2) is 10.7. The van der Waals surface area contributed by atoms with Crippen molar-refractivity contribution in [2.75, 3.05) is 38.2 Å². The SMILES string of the molecule is COc1ccc2c(c1)N1CCN(Cc3ccc(Cl)cc3)C[C@@H]1[C@@H](C(=O)NCCc1ccccc1)C2. The molecule has 0 spiro atoms. The van der Waals surface area contributed by atoms with Crippen LogP contribution in [0.1, 0.15) is 16.7 Å². The van der Waals surface area contributed by atoms with Crippen LogP contribution in [0, 0.1) is 5.92 Å². The van der Waals surface area contributed by atoms with Crippen molar-refractivity contribution >= 4 is 23.2 Å².